The van der Waals surface area contributed by atoms with Crippen LogP contribution in [0.2, 0.25) is 0 Å². The van der Waals surface area contributed by atoms with E-state index in [-0.39, 0.29) is 12.1 Å². The van der Waals surface area contributed by atoms with E-state index < -0.39 is 24.5 Å². The van der Waals surface area contributed by atoms with Gasteiger partial charge in [0.25, 0.3) is 5.91 Å². The molecule has 0 aliphatic rings. The van der Waals surface area contributed by atoms with Crippen LogP contribution in [0.5, 0.6) is 0 Å². The maximum atomic E-state index is 12.2. The van der Waals surface area contributed by atoms with E-state index in [0.717, 1.165) is 35.5 Å². The lowest BCUT2D eigenvalue weighted by atomic mass is 10.1. The molecule has 8 heteroatoms. The van der Waals surface area contributed by atoms with Gasteiger partial charge in [0, 0.05) is 24.5 Å². The standard InChI is InChI=1S/C23H26N4O4/c1-4-10-27-16(2)11-19(17(27)3)12-20(13-24)22(29)31-15-21(28)26-23(30)25-14-18-8-6-5-7-9-18/h5-9,11-12H,4,10,14-15H2,1-3H3,(H2,25,26,28,30). The third kappa shape index (κ3) is 6.85. The van der Waals surface area contributed by atoms with Crippen LogP contribution in [0.3, 0.4) is 0 Å². The molecule has 0 saturated heterocycles. The smallest absolute Gasteiger partial charge is 0.349 e. The number of carbonyl (C=O) groups excluding carboxylic acids is 3. The highest BCUT2D eigenvalue weighted by atomic mass is 16.5. The molecule has 162 valence electrons. The minimum atomic E-state index is -0.928. The summed E-state index contributed by atoms with van der Waals surface area (Å²) < 4.78 is 6.99. The van der Waals surface area contributed by atoms with E-state index >= 15 is 0 Å². The van der Waals surface area contributed by atoms with Gasteiger partial charge in [-0.05, 0) is 43.5 Å². The van der Waals surface area contributed by atoms with Crippen molar-refractivity contribution in [1.29, 1.82) is 5.26 Å². The lowest BCUT2D eigenvalue weighted by molar-refractivity contribution is -0.144. The lowest BCUT2D eigenvalue weighted by Gasteiger charge is -2.08. The number of aromatic nitrogens is 1. The Bertz CT molecular complexity index is 1020. The normalized spacial score (nSPS) is 10.8. The van der Waals surface area contributed by atoms with Gasteiger partial charge in [0.1, 0.15) is 11.6 Å². The third-order valence-electron chi connectivity index (χ3n) is 4.58. The van der Waals surface area contributed by atoms with Crippen molar-refractivity contribution in [2.24, 2.45) is 0 Å². The van der Waals surface area contributed by atoms with Crippen LogP contribution >= 0.6 is 0 Å². The highest BCUT2D eigenvalue weighted by Gasteiger charge is 2.16. The number of imide groups is 1. The van der Waals surface area contributed by atoms with Gasteiger partial charge in [-0.2, -0.15) is 5.26 Å². The van der Waals surface area contributed by atoms with Crippen LogP contribution < -0.4 is 10.6 Å². The van der Waals surface area contributed by atoms with Crippen molar-refractivity contribution in [3.05, 3.63) is 64.5 Å². The van der Waals surface area contributed by atoms with Crippen LogP contribution in [-0.4, -0.2) is 29.1 Å². The molecular weight excluding hydrogens is 396 g/mol. The summed E-state index contributed by atoms with van der Waals surface area (Å²) in [6.07, 6.45) is 2.40. The summed E-state index contributed by atoms with van der Waals surface area (Å²) in [7, 11) is 0. The molecule has 2 rings (SSSR count). The van der Waals surface area contributed by atoms with E-state index in [9.17, 15) is 19.6 Å². The van der Waals surface area contributed by atoms with Crippen molar-refractivity contribution >= 4 is 24.0 Å². The third-order valence-corrected chi connectivity index (χ3v) is 4.58. The minimum Gasteiger partial charge on any atom is -0.451 e. The number of amides is 3. The zero-order valence-electron chi connectivity index (χ0n) is 17.9. The van der Waals surface area contributed by atoms with E-state index in [2.05, 4.69) is 22.1 Å². The molecule has 0 bridgehead atoms. The van der Waals surface area contributed by atoms with Crippen molar-refractivity contribution < 1.29 is 19.1 Å². The minimum absolute atomic E-state index is 0.224. The van der Waals surface area contributed by atoms with E-state index in [1.54, 1.807) is 0 Å². The summed E-state index contributed by atoms with van der Waals surface area (Å²) in [6.45, 7) is 6.35. The first-order valence-electron chi connectivity index (χ1n) is 9.93. The van der Waals surface area contributed by atoms with Crippen LogP contribution in [0, 0.1) is 25.2 Å². The van der Waals surface area contributed by atoms with Gasteiger partial charge >= 0.3 is 12.0 Å². The van der Waals surface area contributed by atoms with E-state index in [1.165, 1.54) is 6.08 Å². The van der Waals surface area contributed by atoms with Crippen molar-refractivity contribution in [2.75, 3.05) is 6.61 Å². The fourth-order valence-corrected chi connectivity index (χ4v) is 3.03. The molecule has 0 fully saturated rings. The Hall–Kier alpha value is -3.86. The van der Waals surface area contributed by atoms with Gasteiger partial charge in [0.05, 0.1) is 0 Å². The summed E-state index contributed by atoms with van der Waals surface area (Å²) in [6, 6.07) is 12.2. The number of nitrogens with zero attached hydrogens (tertiary/aromatic N) is 2. The predicted molar refractivity (Wildman–Crippen MR) is 116 cm³/mol. The second-order valence-corrected chi connectivity index (χ2v) is 6.94. The number of hydrogen-bond acceptors (Lipinski definition) is 5. The number of rotatable bonds is 8. The Balaban J connectivity index is 1.89. The molecule has 0 spiro atoms. The summed E-state index contributed by atoms with van der Waals surface area (Å²) >= 11 is 0. The van der Waals surface area contributed by atoms with Crippen LogP contribution in [0.15, 0.2) is 42.0 Å². The quantitative estimate of drug-likeness (QED) is 0.386. The van der Waals surface area contributed by atoms with Gasteiger partial charge in [-0.25, -0.2) is 9.59 Å². The van der Waals surface area contributed by atoms with Gasteiger partial charge in [-0.15, -0.1) is 0 Å². The number of nitriles is 1. The number of benzene rings is 1. The summed E-state index contributed by atoms with van der Waals surface area (Å²) in [5.74, 6) is -1.72. The highest BCUT2D eigenvalue weighted by molar-refractivity contribution is 6.00. The number of ether oxygens (including phenoxy) is 1. The predicted octanol–water partition coefficient (Wildman–Crippen LogP) is 2.99. The van der Waals surface area contributed by atoms with Crippen LogP contribution in [0.4, 0.5) is 4.79 Å². The first kappa shape index (κ1) is 23.4. The second kappa shape index (κ2) is 11.4. The van der Waals surface area contributed by atoms with Gasteiger partial charge in [0.2, 0.25) is 0 Å². The van der Waals surface area contributed by atoms with E-state index in [4.69, 9.17) is 4.74 Å². The lowest BCUT2D eigenvalue weighted by Crippen LogP contribution is -2.41. The van der Waals surface area contributed by atoms with Gasteiger partial charge in [-0.3, -0.25) is 10.1 Å². The molecule has 2 aromatic rings. The number of esters is 1. The topological polar surface area (TPSA) is 113 Å². The number of carbonyl (C=O) groups is 3. The largest absolute Gasteiger partial charge is 0.451 e. The fourth-order valence-electron chi connectivity index (χ4n) is 3.03. The molecular formula is C23H26N4O4. The maximum Gasteiger partial charge on any atom is 0.349 e. The molecule has 0 unspecified atom stereocenters. The monoisotopic (exact) mass is 422 g/mol. The summed E-state index contributed by atoms with van der Waals surface area (Å²) in [5, 5.41) is 13.9. The summed E-state index contributed by atoms with van der Waals surface area (Å²) in [5.41, 5.74) is 3.35. The fraction of sp³-hybridized carbons (Fsp3) is 0.304. The molecule has 2 N–H and O–H groups in total. The number of nitrogens with one attached hydrogen (secondary N) is 2. The molecule has 0 aliphatic carbocycles. The number of aryl methyl sites for hydroxylation is 1. The zero-order valence-corrected chi connectivity index (χ0v) is 17.9. The average molecular weight is 422 g/mol. The maximum absolute atomic E-state index is 12.2. The molecule has 31 heavy (non-hydrogen) atoms. The van der Waals surface area contributed by atoms with Gasteiger partial charge in [0.15, 0.2) is 6.61 Å². The average Bonchev–Trinajstić information content (AvgIpc) is 3.02. The first-order chi connectivity index (χ1) is 14.8. The summed E-state index contributed by atoms with van der Waals surface area (Å²) in [4.78, 5) is 35.8. The number of hydrogen-bond donors (Lipinski definition) is 2. The van der Waals surface area contributed by atoms with E-state index in [0.29, 0.717) is 0 Å². The molecule has 8 nitrogen and oxygen atoms in total. The van der Waals surface area contributed by atoms with Crippen molar-refractivity contribution in [3.8, 4) is 6.07 Å². The van der Waals surface area contributed by atoms with Crippen molar-refractivity contribution in [1.82, 2.24) is 15.2 Å². The SMILES string of the molecule is CCCn1c(C)cc(C=C(C#N)C(=O)OCC(=O)NC(=O)NCc2ccccc2)c1C. The van der Waals surface area contributed by atoms with Crippen molar-refractivity contribution in [3.63, 3.8) is 0 Å². The second-order valence-electron chi connectivity index (χ2n) is 6.94. The molecule has 1 aromatic carbocycles. The Morgan fingerprint density at radius 3 is 2.55 bits per heavy atom. The highest BCUT2D eigenvalue weighted by Crippen LogP contribution is 2.19. The Morgan fingerprint density at radius 1 is 1.19 bits per heavy atom. The van der Waals surface area contributed by atoms with Crippen LogP contribution in [-0.2, 0) is 27.4 Å². The first-order valence-corrected chi connectivity index (χ1v) is 9.93. The Labute approximate surface area is 181 Å². The van der Waals surface area contributed by atoms with Gasteiger partial charge in [-0.1, -0.05) is 37.3 Å². The number of urea groups is 1. The molecule has 0 aliphatic heterocycles. The van der Waals surface area contributed by atoms with E-state index in [1.807, 2.05) is 56.3 Å². The van der Waals surface area contributed by atoms with Gasteiger partial charge < -0.3 is 14.6 Å². The molecule has 0 radical (unpaired) electrons. The molecule has 0 atom stereocenters. The molecule has 3 amide bonds. The Morgan fingerprint density at radius 2 is 1.90 bits per heavy atom. The molecule has 0 saturated carbocycles. The zero-order chi connectivity index (χ0) is 22.8. The molecule has 1 heterocycles. The Kier molecular flexibility index (Phi) is 8.58. The van der Waals surface area contributed by atoms with Crippen molar-refractivity contribution in [2.45, 2.75) is 40.3 Å². The molecule has 1 aromatic heterocycles. The van der Waals surface area contributed by atoms with Crippen LogP contribution in [0.1, 0.15) is 35.9 Å². The van der Waals surface area contributed by atoms with Crippen LogP contribution in [0.25, 0.3) is 6.08 Å².